The van der Waals surface area contributed by atoms with Gasteiger partial charge in [0.1, 0.15) is 6.04 Å². The van der Waals surface area contributed by atoms with Crippen LogP contribution >= 0.6 is 11.6 Å². The number of anilines is 1. The van der Waals surface area contributed by atoms with E-state index in [1.54, 1.807) is 49.4 Å². The number of ether oxygens (including phenoxy) is 3. The number of rotatable bonds is 9. The van der Waals surface area contributed by atoms with E-state index in [9.17, 15) is 9.59 Å². The Balaban J connectivity index is 1.62. The lowest BCUT2D eigenvalue weighted by Crippen LogP contribution is -2.37. The van der Waals surface area contributed by atoms with Crippen LogP contribution in [0.1, 0.15) is 24.1 Å². The van der Waals surface area contributed by atoms with E-state index in [4.69, 9.17) is 31.5 Å². The van der Waals surface area contributed by atoms with Crippen LogP contribution in [0.2, 0.25) is 5.02 Å². The average molecular weight is 535 g/mol. The highest BCUT2D eigenvalue weighted by Gasteiger charge is 2.32. The van der Waals surface area contributed by atoms with Gasteiger partial charge >= 0.3 is 5.97 Å². The van der Waals surface area contributed by atoms with Gasteiger partial charge in [-0.1, -0.05) is 60.1 Å². The summed E-state index contributed by atoms with van der Waals surface area (Å²) in [6, 6.07) is 20.5. The maximum atomic E-state index is 13.1. The van der Waals surface area contributed by atoms with Gasteiger partial charge in [0.15, 0.2) is 24.1 Å². The lowest BCUT2D eigenvalue weighted by molar-refractivity contribution is -0.138. The Kier molecular flexibility index (Phi) is 8.50. The van der Waals surface area contributed by atoms with E-state index in [0.29, 0.717) is 39.0 Å². The summed E-state index contributed by atoms with van der Waals surface area (Å²) in [4.78, 5) is 30.0. The van der Waals surface area contributed by atoms with Gasteiger partial charge in [0.05, 0.1) is 35.7 Å². The van der Waals surface area contributed by atoms with Crippen LogP contribution in [0.25, 0.3) is 5.70 Å². The third-order valence-electron chi connectivity index (χ3n) is 5.63. The number of guanidine groups is 1. The number of nitrogens with one attached hydrogen (secondary N) is 2. The zero-order valence-electron chi connectivity index (χ0n) is 20.9. The fourth-order valence-electron chi connectivity index (χ4n) is 3.93. The standard InChI is InChI=1S/C28H27ClN4O5/c1-3-37-27(35)24-25(17-9-5-4-6-10-17)32-28(30)33-26(24)18-13-14-21(22(15-18)36-2)38-16-23(34)31-20-12-8-7-11-19(20)29/h4-15,26H,3,16H2,1-2H3,(H,31,34)(H3,30,32,33)/t26-/m0/s1. The summed E-state index contributed by atoms with van der Waals surface area (Å²) in [5.74, 6) is -0.0701. The second-order valence-corrected chi connectivity index (χ2v) is 8.55. The molecule has 1 aliphatic heterocycles. The highest BCUT2D eigenvalue weighted by molar-refractivity contribution is 6.33. The van der Waals surface area contributed by atoms with E-state index in [0.717, 1.165) is 5.56 Å². The number of aliphatic imine (C=N–C) groups is 1. The predicted molar refractivity (Wildman–Crippen MR) is 146 cm³/mol. The van der Waals surface area contributed by atoms with Crippen molar-refractivity contribution < 1.29 is 23.8 Å². The van der Waals surface area contributed by atoms with Gasteiger partial charge in [-0.3, -0.25) is 4.79 Å². The van der Waals surface area contributed by atoms with Crippen LogP contribution in [0, 0.1) is 0 Å². The molecule has 4 N–H and O–H groups in total. The Hall–Kier alpha value is -4.50. The van der Waals surface area contributed by atoms with Crippen LogP contribution in [0.4, 0.5) is 5.69 Å². The minimum Gasteiger partial charge on any atom is -0.493 e. The van der Waals surface area contributed by atoms with Crippen molar-refractivity contribution >= 4 is 40.8 Å². The highest BCUT2D eigenvalue weighted by Crippen LogP contribution is 2.38. The number of carbonyl (C=O) groups excluding carboxylic acids is 2. The van der Waals surface area contributed by atoms with Crippen LogP contribution < -0.4 is 25.8 Å². The highest BCUT2D eigenvalue weighted by atomic mass is 35.5. The van der Waals surface area contributed by atoms with Crippen LogP contribution in [-0.2, 0) is 14.3 Å². The van der Waals surface area contributed by atoms with Gasteiger partial charge < -0.3 is 30.6 Å². The molecular weight excluding hydrogens is 508 g/mol. The first-order valence-electron chi connectivity index (χ1n) is 11.8. The van der Waals surface area contributed by atoms with Crippen molar-refractivity contribution in [1.29, 1.82) is 0 Å². The summed E-state index contributed by atoms with van der Waals surface area (Å²) in [5, 5.41) is 6.14. The van der Waals surface area contributed by atoms with E-state index < -0.39 is 12.0 Å². The fourth-order valence-corrected chi connectivity index (χ4v) is 4.11. The van der Waals surface area contributed by atoms with Crippen molar-refractivity contribution in [2.75, 3.05) is 25.6 Å². The second-order valence-electron chi connectivity index (χ2n) is 8.14. The zero-order chi connectivity index (χ0) is 27.1. The van der Waals surface area contributed by atoms with Crippen molar-refractivity contribution in [1.82, 2.24) is 5.32 Å². The number of esters is 1. The van der Waals surface area contributed by atoms with Crippen LogP contribution in [0.3, 0.4) is 0 Å². The van der Waals surface area contributed by atoms with E-state index in [1.807, 2.05) is 30.3 Å². The Morgan fingerprint density at radius 1 is 1.05 bits per heavy atom. The molecule has 0 unspecified atom stereocenters. The normalized spacial score (nSPS) is 14.7. The van der Waals surface area contributed by atoms with E-state index >= 15 is 0 Å². The molecule has 0 fully saturated rings. The lowest BCUT2D eigenvalue weighted by atomic mass is 9.93. The summed E-state index contributed by atoms with van der Waals surface area (Å²) in [6.07, 6.45) is 0. The Bertz CT molecular complexity index is 1390. The molecule has 3 aromatic rings. The molecule has 0 aliphatic carbocycles. The first kappa shape index (κ1) is 26.6. The summed E-state index contributed by atoms with van der Waals surface area (Å²) in [7, 11) is 1.48. The first-order valence-corrected chi connectivity index (χ1v) is 12.2. The molecule has 1 heterocycles. The van der Waals surface area contributed by atoms with Gasteiger partial charge in [0.25, 0.3) is 5.91 Å². The third kappa shape index (κ3) is 6.07. The first-order chi connectivity index (χ1) is 18.4. The van der Waals surface area contributed by atoms with Gasteiger partial charge in [-0.25, -0.2) is 9.79 Å². The Morgan fingerprint density at radius 3 is 2.50 bits per heavy atom. The molecule has 0 bridgehead atoms. The molecule has 0 saturated carbocycles. The van der Waals surface area contributed by atoms with E-state index in [-0.39, 0.29) is 25.1 Å². The minimum absolute atomic E-state index is 0.150. The zero-order valence-corrected chi connectivity index (χ0v) is 21.6. The number of hydrogen-bond donors (Lipinski definition) is 3. The van der Waals surface area contributed by atoms with Crippen molar-refractivity contribution in [3.05, 3.63) is 94.5 Å². The summed E-state index contributed by atoms with van der Waals surface area (Å²) in [5.41, 5.74) is 8.81. The summed E-state index contributed by atoms with van der Waals surface area (Å²) in [6.45, 7) is 1.66. The average Bonchev–Trinajstić information content (AvgIpc) is 2.93. The number of halogens is 1. The molecule has 1 atom stereocenters. The van der Waals surface area contributed by atoms with Gasteiger partial charge in [0.2, 0.25) is 0 Å². The van der Waals surface area contributed by atoms with Crippen molar-refractivity contribution in [2.45, 2.75) is 13.0 Å². The molecule has 4 rings (SSSR count). The number of hydrogen-bond acceptors (Lipinski definition) is 8. The van der Waals surface area contributed by atoms with Gasteiger partial charge in [0, 0.05) is 0 Å². The van der Waals surface area contributed by atoms with Crippen molar-refractivity contribution in [2.24, 2.45) is 10.7 Å². The Morgan fingerprint density at radius 2 is 1.79 bits per heavy atom. The molecule has 0 radical (unpaired) electrons. The smallest absolute Gasteiger partial charge is 0.338 e. The Labute approximate surface area is 225 Å². The maximum absolute atomic E-state index is 13.1. The molecule has 9 nitrogen and oxygen atoms in total. The largest absolute Gasteiger partial charge is 0.493 e. The third-order valence-corrected chi connectivity index (χ3v) is 5.96. The SMILES string of the molecule is CCOC(=O)C1=C(c2ccccc2)NC(N)=N[C@H]1c1ccc(OCC(=O)Nc2ccccc2Cl)c(OC)c1. The van der Waals surface area contributed by atoms with Crippen LogP contribution in [0.15, 0.2) is 83.4 Å². The molecule has 10 heteroatoms. The number of nitrogens with zero attached hydrogens (tertiary/aromatic N) is 1. The second kappa shape index (κ2) is 12.2. The molecule has 0 aromatic heterocycles. The molecule has 0 spiro atoms. The molecule has 38 heavy (non-hydrogen) atoms. The molecule has 0 saturated heterocycles. The number of amides is 1. The quantitative estimate of drug-likeness (QED) is 0.350. The molecule has 1 aliphatic rings. The summed E-state index contributed by atoms with van der Waals surface area (Å²) < 4.78 is 16.6. The summed E-state index contributed by atoms with van der Waals surface area (Å²) >= 11 is 6.10. The van der Waals surface area contributed by atoms with E-state index in [2.05, 4.69) is 15.6 Å². The number of benzene rings is 3. The number of methoxy groups -OCH3 is 1. The number of nitrogens with two attached hydrogens (primary N) is 1. The molecule has 1 amide bonds. The van der Waals surface area contributed by atoms with Crippen molar-refractivity contribution in [3.8, 4) is 11.5 Å². The topological polar surface area (TPSA) is 124 Å². The molecule has 196 valence electrons. The number of carbonyl (C=O) groups is 2. The number of para-hydroxylation sites is 1. The van der Waals surface area contributed by atoms with Crippen LogP contribution in [-0.4, -0.2) is 38.2 Å². The fraction of sp³-hybridized carbons (Fsp3) is 0.179. The van der Waals surface area contributed by atoms with Crippen molar-refractivity contribution in [3.63, 3.8) is 0 Å². The maximum Gasteiger partial charge on any atom is 0.338 e. The monoisotopic (exact) mass is 534 g/mol. The van der Waals surface area contributed by atoms with Gasteiger partial charge in [-0.2, -0.15) is 0 Å². The lowest BCUT2D eigenvalue weighted by Gasteiger charge is -2.26. The molecular formula is C28H27ClN4O5. The van der Waals surface area contributed by atoms with E-state index in [1.165, 1.54) is 7.11 Å². The van der Waals surface area contributed by atoms with Gasteiger partial charge in [-0.05, 0) is 42.3 Å². The van der Waals surface area contributed by atoms with Gasteiger partial charge in [-0.15, -0.1) is 0 Å². The molecule has 3 aromatic carbocycles. The minimum atomic E-state index is -0.767. The predicted octanol–water partition coefficient (Wildman–Crippen LogP) is 4.30. The van der Waals surface area contributed by atoms with Crippen LogP contribution in [0.5, 0.6) is 11.5 Å².